The van der Waals surface area contributed by atoms with Gasteiger partial charge in [-0.2, -0.15) is 0 Å². The van der Waals surface area contributed by atoms with Crippen molar-refractivity contribution in [3.8, 4) is 0 Å². The molecule has 0 aliphatic carbocycles. The molecule has 3 N–H and O–H groups in total. The number of benzene rings is 1. The highest BCUT2D eigenvalue weighted by molar-refractivity contribution is 6.48. The molecule has 3 saturated heterocycles. The Morgan fingerprint density at radius 3 is 2.71 bits per heavy atom. The molecule has 9 nitrogen and oxygen atoms in total. The van der Waals surface area contributed by atoms with E-state index in [0.717, 1.165) is 0 Å². The maximum atomic E-state index is 12.7. The predicted octanol–water partition coefficient (Wildman–Crippen LogP) is 2.33. The highest BCUT2D eigenvalue weighted by Crippen LogP contribution is 2.52. The van der Waals surface area contributed by atoms with Crippen molar-refractivity contribution in [1.82, 2.24) is 10.6 Å². The van der Waals surface area contributed by atoms with Gasteiger partial charge < -0.3 is 29.8 Å². The summed E-state index contributed by atoms with van der Waals surface area (Å²) < 4.78 is 18.2. The highest BCUT2D eigenvalue weighted by Gasteiger charge is 2.69. The Hall–Kier alpha value is -1.85. The van der Waals surface area contributed by atoms with Crippen LogP contribution < -0.4 is 10.6 Å². The molecule has 0 radical (unpaired) electrons. The van der Waals surface area contributed by atoms with E-state index in [1.807, 2.05) is 20.8 Å². The van der Waals surface area contributed by atoms with E-state index < -0.39 is 54.6 Å². The maximum absolute atomic E-state index is 12.7. The van der Waals surface area contributed by atoms with Crippen LogP contribution in [0.3, 0.4) is 0 Å². The van der Waals surface area contributed by atoms with E-state index in [0.29, 0.717) is 17.9 Å². The molecule has 0 spiro atoms. The van der Waals surface area contributed by atoms with Crippen LogP contribution in [0.25, 0.3) is 0 Å². The zero-order chi connectivity index (χ0) is 24.8. The van der Waals surface area contributed by atoms with E-state index >= 15 is 0 Å². The molecule has 3 fully saturated rings. The predicted molar refractivity (Wildman–Crippen MR) is 125 cm³/mol. The number of nitrogens with one attached hydrogen (secondary N) is 2. The monoisotopic (exact) mass is 512 g/mol. The van der Waals surface area contributed by atoms with Gasteiger partial charge in [0, 0.05) is 5.02 Å². The molecule has 0 saturated carbocycles. The van der Waals surface area contributed by atoms with Crippen molar-refractivity contribution < 1.29 is 33.5 Å². The third-order valence-electron chi connectivity index (χ3n) is 6.64. The molecule has 6 atom stereocenters. The molecule has 2 bridgehead atoms. The normalized spacial score (nSPS) is 30.4. The number of carbonyl (C=O) groups is 3. The second-order valence-corrected chi connectivity index (χ2v) is 10.5. The Morgan fingerprint density at radius 1 is 1.29 bits per heavy atom. The average molecular weight is 513 g/mol. The van der Waals surface area contributed by atoms with E-state index in [1.54, 1.807) is 6.07 Å². The standard InChI is InChI=1S/C22H27BCl2N2O7/c1-10(2)6-16(27-17(28)9-26-20(29)12-7-11(24)4-5-14(12)25)23-33-19-18-13(21(30)31)8-15(32-18)22(19,3)34-23/h4-5,7,10,13,15-16,18-19H,6,8-9H2,1-3H3,(H,26,29)(H,27,28)(H,30,31)/t13?,15?,16-,18?,19?,22?/m0/s1. The van der Waals surface area contributed by atoms with Gasteiger partial charge in [0.25, 0.3) is 5.91 Å². The summed E-state index contributed by atoms with van der Waals surface area (Å²) in [5, 5.41) is 15.5. The van der Waals surface area contributed by atoms with Crippen LogP contribution in [-0.2, 0) is 23.6 Å². The fourth-order valence-corrected chi connectivity index (χ4v) is 5.37. The first kappa shape index (κ1) is 25.3. The number of carboxylic acids is 1. The van der Waals surface area contributed by atoms with Gasteiger partial charge in [0.05, 0.1) is 47.3 Å². The Bertz CT molecular complexity index is 996. The number of amides is 2. The van der Waals surface area contributed by atoms with Crippen molar-refractivity contribution >= 4 is 48.1 Å². The quantitative estimate of drug-likeness (QED) is 0.456. The fraction of sp³-hybridized carbons (Fsp3) is 0.591. The number of fused-ring (bicyclic) bond motifs is 5. The molecule has 4 rings (SSSR count). The number of rotatable bonds is 8. The first-order valence-corrected chi connectivity index (χ1v) is 12.0. The number of halogens is 2. The number of aliphatic carboxylic acids is 1. The van der Waals surface area contributed by atoms with Crippen LogP contribution in [-0.4, -0.2) is 66.4 Å². The van der Waals surface area contributed by atoms with E-state index in [2.05, 4.69) is 10.6 Å². The second-order valence-electron chi connectivity index (χ2n) is 9.61. The van der Waals surface area contributed by atoms with Gasteiger partial charge in [-0.25, -0.2) is 0 Å². The first-order valence-electron chi connectivity index (χ1n) is 11.2. The summed E-state index contributed by atoms with van der Waals surface area (Å²) in [6, 6.07) is 4.51. The molecule has 5 unspecified atom stereocenters. The van der Waals surface area contributed by atoms with Crippen molar-refractivity contribution in [3.63, 3.8) is 0 Å². The third-order valence-corrected chi connectivity index (χ3v) is 7.20. The molecular formula is C22H27BCl2N2O7. The molecule has 2 amide bonds. The van der Waals surface area contributed by atoms with Gasteiger partial charge in [0.1, 0.15) is 5.60 Å². The lowest BCUT2D eigenvalue weighted by Crippen LogP contribution is -2.52. The van der Waals surface area contributed by atoms with Crippen LogP contribution >= 0.6 is 23.2 Å². The summed E-state index contributed by atoms with van der Waals surface area (Å²) in [5.41, 5.74) is -0.605. The number of ether oxygens (including phenoxy) is 1. The minimum atomic E-state index is -0.913. The summed E-state index contributed by atoms with van der Waals surface area (Å²) in [6.45, 7) is 5.60. The van der Waals surface area contributed by atoms with Gasteiger partial charge >= 0.3 is 13.1 Å². The fourth-order valence-electron chi connectivity index (χ4n) is 4.99. The van der Waals surface area contributed by atoms with Gasteiger partial charge in [0.15, 0.2) is 0 Å². The summed E-state index contributed by atoms with van der Waals surface area (Å²) in [5.74, 6) is -2.78. The molecule has 12 heteroatoms. The Labute approximate surface area is 207 Å². The topological polar surface area (TPSA) is 123 Å². The molecule has 3 aliphatic heterocycles. The molecular weight excluding hydrogens is 486 g/mol. The maximum Gasteiger partial charge on any atom is 0.481 e. The van der Waals surface area contributed by atoms with Gasteiger partial charge in [-0.05, 0) is 43.9 Å². The van der Waals surface area contributed by atoms with Crippen LogP contribution in [0.2, 0.25) is 10.0 Å². The molecule has 1 aromatic rings. The average Bonchev–Trinajstić information content (AvgIpc) is 3.42. The van der Waals surface area contributed by atoms with E-state index in [9.17, 15) is 19.5 Å². The zero-order valence-corrected chi connectivity index (χ0v) is 20.6. The molecule has 34 heavy (non-hydrogen) atoms. The van der Waals surface area contributed by atoms with Crippen molar-refractivity contribution in [2.45, 2.75) is 63.5 Å². The van der Waals surface area contributed by atoms with Gasteiger partial charge in [-0.15, -0.1) is 0 Å². The highest BCUT2D eigenvalue weighted by atomic mass is 35.5. The lowest BCUT2D eigenvalue weighted by atomic mass is 9.74. The number of carboxylic acid groups (broad SMARTS) is 1. The zero-order valence-electron chi connectivity index (χ0n) is 19.0. The van der Waals surface area contributed by atoms with Crippen LogP contribution in [0.1, 0.15) is 44.0 Å². The lowest BCUT2D eigenvalue weighted by Gasteiger charge is -2.33. The van der Waals surface area contributed by atoms with E-state index in [4.69, 9.17) is 37.2 Å². The van der Waals surface area contributed by atoms with Crippen LogP contribution in [0.15, 0.2) is 18.2 Å². The lowest BCUT2D eigenvalue weighted by molar-refractivity contribution is -0.145. The van der Waals surface area contributed by atoms with Gasteiger partial charge in [-0.1, -0.05) is 37.0 Å². The van der Waals surface area contributed by atoms with Crippen molar-refractivity contribution in [2.75, 3.05) is 6.54 Å². The summed E-state index contributed by atoms with van der Waals surface area (Å²) in [7, 11) is -0.763. The van der Waals surface area contributed by atoms with Crippen LogP contribution in [0, 0.1) is 11.8 Å². The Kier molecular flexibility index (Phi) is 7.17. The summed E-state index contributed by atoms with van der Waals surface area (Å²) in [6.07, 6.45) is -0.581. The van der Waals surface area contributed by atoms with Crippen molar-refractivity contribution in [3.05, 3.63) is 33.8 Å². The Morgan fingerprint density at radius 2 is 2.03 bits per heavy atom. The molecule has 3 aliphatic rings. The number of hydrogen-bond donors (Lipinski definition) is 3. The van der Waals surface area contributed by atoms with Crippen molar-refractivity contribution in [2.24, 2.45) is 11.8 Å². The minimum Gasteiger partial charge on any atom is -0.481 e. The first-order chi connectivity index (χ1) is 16.0. The number of hydrogen-bond acceptors (Lipinski definition) is 6. The van der Waals surface area contributed by atoms with E-state index in [-0.39, 0.29) is 29.2 Å². The molecule has 0 aromatic heterocycles. The van der Waals surface area contributed by atoms with Crippen molar-refractivity contribution in [1.29, 1.82) is 0 Å². The van der Waals surface area contributed by atoms with E-state index in [1.165, 1.54) is 12.1 Å². The summed E-state index contributed by atoms with van der Waals surface area (Å²) in [4.78, 5) is 36.7. The van der Waals surface area contributed by atoms with Gasteiger partial charge in [0.2, 0.25) is 5.91 Å². The second kappa shape index (κ2) is 9.66. The SMILES string of the molecule is CC(C)C[C@H](NC(=O)CNC(=O)c1cc(Cl)ccc1Cl)B1OC2C3OC(CC3C(=O)O)C2(C)O1. The van der Waals surface area contributed by atoms with Crippen LogP contribution in [0.5, 0.6) is 0 Å². The summed E-state index contributed by atoms with van der Waals surface area (Å²) >= 11 is 12.0. The van der Waals surface area contributed by atoms with Gasteiger partial charge in [-0.3, -0.25) is 14.4 Å². The minimum absolute atomic E-state index is 0.173. The third kappa shape index (κ3) is 4.79. The largest absolute Gasteiger partial charge is 0.481 e. The molecule has 3 heterocycles. The Balaban J connectivity index is 1.39. The van der Waals surface area contributed by atoms with Crippen LogP contribution in [0.4, 0.5) is 0 Å². The molecule has 184 valence electrons. The smallest absolute Gasteiger partial charge is 0.481 e. The molecule has 1 aromatic carbocycles. The number of carbonyl (C=O) groups excluding carboxylic acids is 2.